The van der Waals surface area contributed by atoms with Gasteiger partial charge in [-0.2, -0.15) is 0 Å². The van der Waals surface area contributed by atoms with E-state index in [1.54, 1.807) is 12.4 Å². The maximum Gasteiger partial charge on any atom is 0.306 e. The standard InChI is InChI=1S/C16H19N3O3/c20-15(9-6-13-14(7-9)18-2-1-17-13)19-12-5-8-3-10(16(21)22)4-11(8)12/h1-2,8-12H,3-7H2,(H,19,20)(H,21,22)/t8-,10?,11-,12-/m1/s1. The highest BCUT2D eigenvalue weighted by molar-refractivity contribution is 5.80. The van der Waals surface area contributed by atoms with E-state index in [-0.39, 0.29) is 23.8 Å². The first-order valence-electron chi connectivity index (χ1n) is 7.93. The molecule has 0 aliphatic heterocycles. The molecule has 0 aromatic carbocycles. The van der Waals surface area contributed by atoms with Gasteiger partial charge in [0.2, 0.25) is 5.91 Å². The van der Waals surface area contributed by atoms with Gasteiger partial charge in [-0.05, 0) is 31.1 Å². The molecule has 0 radical (unpaired) electrons. The minimum Gasteiger partial charge on any atom is -0.481 e. The first-order valence-corrected chi connectivity index (χ1v) is 7.93. The van der Waals surface area contributed by atoms with E-state index in [1.807, 2.05) is 0 Å². The number of carboxylic acid groups (broad SMARTS) is 1. The molecule has 2 saturated carbocycles. The number of hydrogen-bond acceptors (Lipinski definition) is 4. The Labute approximate surface area is 128 Å². The summed E-state index contributed by atoms with van der Waals surface area (Å²) in [6.45, 7) is 0. The Morgan fingerprint density at radius 2 is 1.73 bits per heavy atom. The fraction of sp³-hybridized carbons (Fsp3) is 0.625. The number of fused-ring (bicyclic) bond motifs is 2. The molecule has 0 spiro atoms. The smallest absolute Gasteiger partial charge is 0.306 e. The average Bonchev–Trinajstić information content (AvgIpc) is 3.06. The van der Waals surface area contributed by atoms with Gasteiger partial charge < -0.3 is 10.4 Å². The fourth-order valence-corrected chi connectivity index (χ4v) is 4.36. The van der Waals surface area contributed by atoms with E-state index in [9.17, 15) is 9.59 Å². The Balaban J connectivity index is 1.34. The second-order valence-electron chi connectivity index (χ2n) is 6.84. The largest absolute Gasteiger partial charge is 0.481 e. The minimum atomic E-state index is -0.692. The lowest BCUT2D eigenvalue weighted by Gasteiger charge is -2.41. The maximum absolute atomic E-state index is 12.4. The van der Waals surface area contributed by atoms with E-state index in [0.717, 1.165) is 24.2 Å². The van der Waals surface area contributed by atoms with Crippen molar-refractivity contribution in [1.82, 2.24) is 15.3 Å². The Kier molecular flexibility index (Phi) is 3.13. The second-order valence-corrected chi connectivity index (χ2v) is 6.84. The van der Waals surface area contributed by atoms with E-state index in [1.165, 1.54) is 0 Å². The van der Waals surface area contributed by atoms with Crippen molar-refractivity contribution < 1.29 is 14.7 Å². The van der Waals surface area contributed by atoms with Crippen LogP contribution in [0.3, 0.4) is 0 Å². The molecular formula is C16H19N3O3. The monoisotopic (exact) mass is 301 g/mol. The lowest BCUT2D eigenvalue weighted by molar-refractivity contribution is -0.141. The summed E-state index contributed by atoms with van der Waals surface area (Å²) in [5, 5.41) is 12.3. The van der Waals surface area contributed by atoms with Crippen LogP contribution in [0.5, 0.6) is 0 Å². The molecule has 2 N–H and O–H groups in total. The van der Waals surface area contributed by atoms with Crippen LogP contribution in [0.2, 0.25) is 0 Å². The number of hydrogen-bond donors (Lipinski definition) is 2. The van der Waals surface area contributed by atoms with Crippen molar-refractivity contribution >= 4 is 11.9 Å². The predicted molar refractivity (Wildman–Crippen MR) is 76.8 cm³/mol. The zero-order valence-corrected chi connectivity index (χ0v) is 12.2. The first-order chi connectivity index (χ1) is 10.6. The van der Waals surface area contributed by atoms with Gasteiger partial charge in [-0.1, -0.05) is 0 Å². The number of aliphatic carboxylic acids is 1. The third kappa shape index (κ3) is 2.17. The summed E-state index contributed by atoms with van der Waals surface area (Å²) < 4.78 is 0. The molecule has 1 heterocycles. The Morgan fingerprint density at radius 3 is 2.36 bits per heavy atom. The molecule has 1 unspecified atom stereocenters. The van der Waals surface area contributed by atoms with E-state index < -0.39 is 5.97 Å². The molecule has 4 rings (SSSR count). The molecule has 3 aliphatic rings. The number of rotatable bonds is 3. The fourth-order valence-electron chi connectivity index (χ4n) is 4.36. The van der Waals surface area contributed by atoms with Crippen LogP contribution in [0.25, 0.3) is 0 Å². The highest BCUT2D eigenvalue weighted by Crippen LogP contribution is 2.49. The van der Waals surface area contributed by atoms with Crippen LogP contribution in [0.1, 0.15) is 30.7 Å². The van der Waals surface area contributed by atoms with Crippen molar-refractivity contribution in [1.29, 1.82) is 0 Å². The van der Waals surface area contributed by atoms with Crippen LogP contribution in [0.15, 0.2) is 12.4 Å². The zero-order valence-electron chi connectivity index (χ0n) is 12.2. The molecule has 1 aromatic heterocycles. The number of nitrogens with zero attached hydrogens (tertiary/aromatic N) is 2. The molecule has 3 aliphatic carbocycles. The van der Waals surface area contributed by atoms with E-state index in [4.69, 9.17) is 5.11 Å². The number of aromatic nitrogens is 2. The Bertz CT molecular complexity index is 608. The molecule has 6 nitrogen and oxygen atoms in total. The van der Waals surface area contributed by atoms with E-state index >= 15 is 0 Å². The topological polar surface area (TPSA) is 92.2 Å². The van der Waals surface area contributed by atoms with E-state index in [0.29, 0.717) is 31.1 Å². The van der Waals surface area contributed by atoms with Crippen LogP contribution in [0, 0.1) is 23.7 Å². The van der Waals surface area contributed by atoms with Crippen molar-refractivity contribution in [3.63, 3.8) is 0 Å². The number of carboxylic acids is 1. The van der Waals surface area contributed by atoms with Crippen LogP contribution in [-0.2, 0) is 22.4 Å². The van der Waals surface area contributed by atoms with Gasteiger partial charge in [-0.15, -0.1) is 0 Å². The molecule has 0 saturated heterocycles. The van der Waals surface area contributed by atoms with Gasteiger partial charge in [0.1, 0.15) is 0 Å². The molecule has 4 atom stereocenters. The number of amides is 1. The summed E-state index contributed by atoms with van der Waals surface area (Å²) in [5.41, 5.74) is 1.86. The number of nitrogens with one attached hydrogen (secondary N) is 1. The summed E-state index contributed by atoms with van der Waals surface area (Å²) in [7, 11) is 0. The van der Waals surface area contributed by atoms with Crippen molar-refractivity contribution in [2.24, 2.45) is 23.7 Å². The summed E-state index contributed by atoms with van der Waals surface area (Å²) >= 11 is 0. The lowest BCUT2D eigenvalue weighted by atomic mass is 9.71. The van der Waals surface area contributed by atoms with Gasteiger partial charge >= 0.3 is 5.97 Å². The normalized spacial score (nSPS) is 32.9. The summed E-state index contributed by atoms with van der Waals surface area (Å²) in [4.78, 5) is 32.1. The lowest BCUT2D eigenvalue weighted by Crippen LogP contribution is -2.51. The van der Waals surface area contributed by atoms with Gasteiger partial charge in [0.05, 0.1) is 17.3 Å². The van der Waals surface area contributed by atoms with Crippen molar-refractivity contribution in [3.05, 3.63) is 23.8 Å². The summed E-state index contributed by atoms with van der Waals surface area (Å²) in [6.07, 6.45) is 7.06. The Morgan fingerprint density at radius 1 is 1.05 bits per heavy atom. The SMILES string of the molecule is O=C(O)C1C[C@@H]2C[C@@H](NC(=O)C3Cc4nccnc4C3)[C@@H]2C1. The zero-order chi connectivity index (χ0) is 15.3. The third-order valence-electron chi connectivity index (χ3n) is 5.61. The highest BCUT2D eigenvalue weighted by atomic mass is 16.4. The Hall–Kier alpha value is -1.98. The predicted octanol–water partition coefficient (Wildman–Crippen LogP) is 0.807. The highest BCUT2D eigenvalue weighted by Gasteiger charge is 2.50. The van der Waals surface area contributed by atoms with E-state index in [2.05, 4.69) is 15.3 Å². The summed E-state index contributed by atoms with van der Waals surface area (Å²) in [5.74, 6) is -0.0837. The van der Waals surface area contributed by atoms with Gasteiger partial charge in [0.15, 0.2) is 0 Å². The second kappa shape index (κ2) is 5.04. The molecule has 1 amide bonds. The molecule has 6 heteroatoms. The minimum absolute atomic E-state index is 0.0713. The van der Waals surface area contributed by atoms with Crippen LogP contribution < -0.4 is 5.32 Å². The van der Waals surface area contributed by atoms with Crippen LogP contribution in [0.4, 0.5) is 0 Å². The number of carbonyl (C=O) groups is 2. The first kappa shape index (κ1) is 13.7. The molecule has 1 aromatic rings. The molecule has 0 bridgehead atoms. The van der Waals surface area contributed by atoms with Crippen molar-refractivity contribution in [3.8, 4) is 0 Å². The van der Waals surface area contributed by atoms with Crippen molar-refractivity contribution in [2.45, 2.75) is 38.1 Å². The van der Waals surface area contributed by atoms with Crippen LogP contribution >= 0.6 is 0 Å². The average molecular weight is 301 g/mol. The third-order valence-corrected chi connectivity index (χ3v) is 5.61. The quantitative estimate of drug-likeness (QED) is 0.862. The van der Waals surface area contributed by atoms with Gasteiger partial charge in [-0.25, -0.2) is 0 Å². The molecule has 2 fully saturated rings. The molecular weight excluding hydrogens is 282 g/mol. The summed E-state index contributed by atoms with van der Waals surface area (Å²) in [6, 6.07) is 0.159. The molecule has 22 heavy (non-hydrogen) atoms. The maximum atomic E-state index is 12.4. The van der Waals surface area contributed by atoms with Gasteiger partial charge in [-0.3, -0.25) is 19.6 Å². The van der Waals surface area contributed by atoms with Gasteiger partial charge in [0, 0.05) is 37.2 Å². The number of carbonyl (C=O) groups excluding carboxylic acids is 1. The van der Waals surface area contributed by atoms with Crippen LogP contribution in [-0.4, -0.2) is 33.0 Å². The molecule has 116 valence electrons. The van der Waals surface area contributed by atoms with Gasteiger partial charge in [0.25, 0.3) is 0 Å². The van der Waals surface area contributed by atoms with Crippen molar-refractivity contribution in [2.75, 3.05) is 0 Å².